The van der Waals surface area contributed by atoms with Crippen molar-refractivity contribution in [2.45, 2.75) is 19.8 Å². The molecule has 0 aliphatic heterocycles. The molecule has 2 aromatic rings. The molecule has 2 N–H and O–H groups in total. The number of H-pyrrole nitrogens is 1. The van der Waals surface area contributed by atoms with Crippen LogP contribution in [0.4, 0.5) is 0 Å². The molecular weight excluding hydrogens is 210 g/mol. The summed E-state index contributed by atoms with van der Waals surface area (Å²) >= 11 is 6.16. The Hall–Kier alpha value is -0.990. The van der Waals surface area contributed by atoms with E-state index in [1.54, 1.807) is 0 Å². The van der Waals surface area contributed by atoms with Crippen LogP contribution in [0.15, 0.2) is 18.3 Å². The van der Waals surface area contributed by atoms with Crippen molar-refractivity contribution in [3.05, 3.63) is 34.5 Å². The van der Waals surface area contributed by atoms with Gasteiger partial charge in [0.25, 0.3) is 0 Å². The molecule has 2 rings (SSSR count). The van der Waals surface area contributed by atoms with Gasteiger partial charge in [0.15, 0.2) is 0 Å². The van der Waals surface area contributed by atoms with Gasteiger partial charge in [-0.2, -0.15) is 0 Å². The molecule has 0 aliphatic rings. The predicted octanol–water partition coefficient (Wildman–Crippen LogP) is 3.23. The molecule has 0 saturated heterocycles. The molecule has 0 bridgehead atoms. The molecule has 1 unspecified atom stereocenters. The number of aromatic amines is 1. The van der Waals surface area contributed by atoms with Crippen LogP contribution in [-0.2, 0) is 0 Å². The van der Waals surface area contributed by atoms with Gasteiger partial charge in [-0.05, 0) is 30.2 Å². The van der Waals surface area contributed by atoms with Gasteiger partial charge in [-0.25, -0.2) is 0 Å². The maximum Gasteiger partial charge on any atom is 0.0649 e. The number of rotatable bonds is 2. The summed E-state index contributed by atoms with van der Waals surface area (Å²) in [4.78, 5) is 3.15. The van der Waals surface area contributed by atoms with Crippen molar-refractivity contribution in [3.8, 4) is 0 Å². The second-order valence-electron chi connectivity index (χ2n) is 3.98. The van der Waals surface area contributed by atoms with Gasteiger partial charge in [0.1, 0.15) is 0 Å². The van der Waals surface area contributed by atoms with Crippen molar-refractivity contribution in [3.63, 3.8) is 0 Å². The van der Waals surface area contributed by atoms with Crippen molar-refractivity contribution in [2.75, 3.05) is 6.61 Å². The summed E-state index contributed by atoms with van der Waals surface area (Å²) in [6.07, 6.45) is 1.95. The van der Waals surface area contributed by atoms with Gasteiger partial charge in [0.05, 0.1) is 10.5 Å². The van der Waals surface area contributed by atoms with Crippen LogP contribution >= 0.6 is 11.6 Å². The monoisotopic (exact) mass is 223 g/mol. The van der Waals surface area contributed by atoms with E-state index in [9.17, 15) is 0 Å². The Morgan fingerprint density at radius 1 is 1.47 bits per heavy atom. The van der Waals surface area contributed by atoms with Crippen LogP contribution in [0.1, 0.15) is 24.0 Å². The standard InChI is InChI=1S/C12H14ClNO/c1-7-5-14-12-10(7)3-9(4-11(12)13)8(2)6-15/h3-5,8,14-15H,6H2,1-2H3. The number of fused-ring (bicyclic) bond motifs is 1. The van der Waals surface area contributed by atoms with Crippen molar-refractivity contribution in [1.29, 1.82) is 0 Å². The van der Waals surface area contributed by atoms with Gasteiger partial charge in [-0.15, -0.1) is 0 Å². The summed E-state index contributed by atoms with van der Waals surface area (Å²) in [6, 6.07) is 4.01. The molecule has 15 heavy (non-hydrogen) atoms. The number of hydrogen-bond donors (Lipinski definition) is 2. The van der Waals surface area contributed by atoms with Gasteiger partial charge in [-0.1, -0.05) is 18.5 Å². The Morgan fingerprint density at radius 2 is 2.20 bits per heavy atom. The lowest BCUT2D eigenvalue weighted by Gasteiger charge is -2.09. The highest BCUT2D eigenvalue weighted by Gasteiger charge is 2.10. The summed E-state index contributed by atoms with van der Waals surface area (Å²) in [6.45, 7) is 4.17. The molecule has 0 amide bonds. The molecule has 1 heterocycles. The van der Waals surface area contributed by atoms with E-state index < -0.39 is 0 Å². The topological polar surface area (TPSA) is 36.0 Å². The van der Waals surface area contributed by atoms with Gasteiger partial charge in [0.2, 0.25) is 0 Å². The van der Waals surface area contributed by atoms with E-state index in [4.69, 9.17) is 16.7 Å². The third-order valence-corrected chi connectivity index (χ3v) is 3.11. The molecule has 3 heteroatoms. The zero-order valence-electron chi connectivity index (χ0n) is 8.84. The smallest absolute Gasteiger partial charge is 0.0649 e. The first kappa shape index (κ1) is 10.5. The molecular formula is C12H14ClNO. The molecule has 0 spiro atoms. The van der Waals surface area contributed by atoms with Gasteiger partial charge in [0, 0.05) is 24.1 Å². The molecule has 1 aromatic carbocycles. The van der Waals surface area contributed by atoms with Gasteiger partial charge < -0.3 is 10.1 Å². The first-order valence-corrected chi connectivity index (χ1v) is 5.39. The minimum Gasteiger partial charge on any atom is -0.396 e. The molecule has 0 saturated carbocycles. The zero-order chi connectivity index (χ0) is 11.0. The van der Waals surface area contributed by atoms with Crippen LogP contribution in [-0.4, -0.2) is 16.7 Å². The lowest BCUT2D eigenvalue weighted by molar-refractivity contribution is 0.273. The average Bonchev–Trinajstić information content (AvgIpc) is 2.60. The van der Waals surface area contributed by atoms with Crippen LogP contribution in [0, 0.1) is 6.92 Å². The number of nitrogens with one attached hydrogen (secondary N) is 1. The molecule has 80 valence electrons. The highest BCUT2D eigenvalue weighted by molar-refractivity contribution is 6.35. The van der Waals surface area contributed by atoms with Crippen molar-refractivity contribution >= 4 is 22.5 Å². The van der Waals surface area contributed by atoms with Crippen molar-refractivity contribution in [1.82, 2.24) is 4.98 Å². The summed E-state index contributed by atoms with van der Waals surface area (Å²) in [7, 11) is 0. The second-order valence-corrected chi connectivity index (χ2v) is 4.39. The van der Waals surface area contributed by atoms with Crippen LogP contribution in [0.2, 0.25) is 5.02 Å². The van der Waals surface area contributed by atoms with E-state index in [-0.39, 0.29) is 12.5 Å². The quantitative estimate of drug-likeness (QED) is 0.806. The Kier molecular flexibility index (Phi) is 2.72. The molecule has 2 nitrogen and oxygen atoms in total. The third-order valence-electron chi connectivity index (χ3n) is 2.81. The summed E-state index contributed by atoms with van der Waals surface area (Å²) in [5.74, 6) is 0.126. The fourth-order valence-electron chi connectivity index (χ4n) is 1.73. The normalized spacial score (nSPS) is 13.3. The van der Waals surface area contributed by atoms with Crippen LogP contribution in [0.25, 0.3) is 10.9 Å². The largest absolute Gasteiger partial charge is 0.396 e. The van der Waals surface area contributed by atoms with E-state index in [0.29, 0.717) is 0 Å². The van der Waals surface area contributed by atoms with Gasteiger partial charge >= 0.3 is 0 Å². The minimum absolute atomic E-state index is 0.126. The maximum atomic E-state index is 9.12. The van der Waals surface area contributed by atoms with Crippen LogP contribution < -0.4 is 0 Å². The fraction of sp³-hybridized carbons (Fsp3) is 0.333. The fourth-order valence-corrected chi connectivity index (χ4v) is 2.02. The summed E-state index contributed by atoms with van der Waals surface area (Å²) < 4.78 is 0. The molecule has 0 fully saturated rings. The van der Waals surface area contributed by atoms with E-state index >= 15 is 0 Å². The Labute approximate surface area is 93.9 Å². The predicted molar refractivity (Wildman–Crippen MR) is 63.5 cm³/mol. The van der Waals surface area contributed by atoms with Crippen molar-refractivity contribution in [2.24, 2.45) is 0 Å². The number of aliphatic hydroxyl groups excluding tert-OH is 1. The SMILES string of the molecule is Cc1c[nH]c2c(Cl)cc(C(C)CO)cc12. The lowest BCUT2D eigenvalue weighted by Crippen LogP contribution is -1.98. The highest BCUT2D eigenvalue weighted by Crippen LogP contribution is 2.29. The van der Waals surface area contributed by atoms with E-state index in [2.05, 4.69) is 11.1 Å². The maximum absolute atomic E-state index is 9.12. The zero-order valence-corrected chi connectivity index (χ0v) is 9.60. The summed E-state index contributed by atoms with van der Waals surface area (Å²) in [5, 5.41) is 11.0. The third kappa shape index (κ3) is 1.75. The number of halogens is 1. The Morgan fingerprint density at radius 3 is 2.87 bits per heavy atom. The Balaban J connectivity index is 2.65. The lowest BCUT2D eigenvalue weighted by atomic mass is 10.00. The first-order chi connectivity index (χ1) is 7.13. The number of aliphatic hydroxyl groups is 1. The van der Waals surface area contributed by atoms with Crippen molar-refractivity contribution < 1.29 is 5.11 Å². The molecule has 1 atom stereocenters. The number of aromatic nitrogens is 1. The molecule has 0 radical (unpaired) electrons. The molecule has 1 aromatic heterocycles. The van der Waals surface area contributed by atoms with Gasteiger partial charge in [-0.3, -0.25) is 0 Å². The number of aryl methyl sites for hydroxylation is 1. The van der Waals surface area contributed by atoms with E-state index in [0.717, 1.165) is 21.5 Å². The van der Waals surface area contributed by atoms with E-state index in [1.807, 2.05) is 26.1 Å². The number of hydrogen-bond acceptors (Lipinski definition) is 1. The first-order valence-electron chi connectivity index (χ1n) is 5.01. The highest BCUT2D eigenvalue weighted by atomic mass is 35.5. The summed E-state index contributed by atoms with van der Waals surface area (Å²) in [5.41, 5.74) is 3.24. The minimum atomic E-state index is 0.126. The average molecular weight is 224 g/mol. The Bertz CT molecular complexity index is 490. The van der Waals surface area contributed by atoms with Crippen LogP contribution in [0.3, 0.4) is 0 Å². The number of benzene rings is 1. The van der Waals surface area contributed by atoms with Crippen LogP contribution in [0.5, 0.6) is 0 Å². The molecule has 0 aliphatic carbocycles. The second kappa shape index (κ2) is 3.87. The van der Waals surface area contributed by atoms with E-state index in [1.165, 1.54) is 5.56 Å².